The van der Waals surface area contributed by atoms with Crippen LogP contribution in [-0.4, -0.2) is 67.2 Å². The zero-order valence-corrected chi connectivity index (χ0v) is 19.2. The van der Waals surface area contributed by atoms with Gasteiger partial charge in [-0.15, -0.1) is 0 Å². The van der Waals surface area contributed by atoms with E-state index in [1.807, 2.05) is 0 Å². The molecule has 0 radical (unpaired) electrons. The van der Waals surface area contributed by atoms with Crippen LogP contribution in [0.3, 0.4) is 0 Å². The molecule has 1 saturated heterocycles. The summed E-state index contributed by atoms with van der Waals surface area (Å²) in [7, 11) is 0. The Morgan fingerprint density at radius 2 is 1.92 bits per heavy atom. The van der Waals surface area contributed by atoms with Crippen molar-refractivity contribution in [2.45, 2.75) is 24.6 Å². The van der Waals surface area contributed by atoms with Crippen molar-refractivity contribution >= 4 is 45.3 Å². The molecular formula is C21H17ClF5N7O3. The van der Waals surface area contributed by atoms with Crippen molar-refractivity contribution in [1.82, 2.24) is 24.9 Å². The SMILES string of the molecule is NC1CN(c2nc(Cl)cc3[nH]c(-c4cc5cnccc5[nH]c4=O)nc23)CC(F)(F)C1.O=C(O)C(F)(F)F. The van der Waals surface area contributed by atoms with E-state index in [4.69, 9.17) is 27.2 Å². The number of imidazole rings is 1. The first kappa shape index (κ1) is 26.2. The minimum Gasteiger partial charge on any atom is -0.475 e. The normalized spacial score (nSPS) is 17.5. The van der Waals surface area contributed by atoms with Crippen molar-refractivity contribution in [3.05, 3.63) is 46.1 Å². The van der Waals surface area contributed by atoms with Gasteiger partial charge in [0.25, 0.3) is 11.5 Å². The standard InChI is InChI=1S/C19H16ClF2N7O.C2HF3O2/c20-14-4-13-15(17(27-14)29-7-10(23)5-19(21,22)8-29)28-16(25-13)11-3-9-6-24-2-1-12(9)26-18(11)30;3-2(4,5)1(6)7/h1-4,6,10H,5,7-8,23H2,(H,25,28)(H,26,30);(H,6,7). The average molecular weight is 546 g/mol. The molecule has 5 rings (SSSR count). The topological polar surface area (TPSA) is 154 Å². The quantitative estimate of drug-likeness (QED) is 0.221. The molecule has 1 fully saturated rings. The number of halogens is 6. The zero-order valence-electron chi connectivity index (χ0n) is 18.5. The maximum Gasteiger partial charge on any atom is 0.490 e. The Morgan fingerprint density at radius 1 is 1.22 bits per heavy atom. The number of carboxylic acid groups (broad SMARTS) is 1. The second-order valence-electron chi connectivity index (χ2n) is 8.23. The third-order valence-electron chi connectivity index (χ3n) is 5.30. The second kappa shape index (κ2) is 9.55. The first-order chi connectivity index (χ1) is 17.2. The van der Waals surface area contributed by atoms with Crippen molar-refractivity contribution in [2.24, 2.45) is 5.73 Å². The summed E-state index contributed by atoms with van der Waals surface area (Å²) in [4.78, 5) is 41.5. The molecule has 0 aromatic carbocycles. The number of anilines is 1. The molecule has 0 amide bonds. The monoisotopic (exact) mass is 545 g/mol. The fourth-order valence-electron chi connectivity index (χ4n) is 3.84. The number of alkyl halides is 5. The van der Waals surface area contributed by atoms with E-state index >= 15 is 0 Å². The maximum atomic E-state index is 14.1. The van der Waals surface area contributed by atoms with Crippen molar-refractivity contribution in [3.8, 4) is 11.4 Å². The van der Waals surface area contributed by atoms with Crippen LogP contribution in [0.25, 0.3) is 33.3 Å². The summed E-state index contributed by atoms with van der Waals surface area (Å²) < 4.78 is 59.9. The van der Waals surface area contributed by atoms with Gasteiger partial charge in [-0.3, -0.25) is 9.78 Å². The molecule has 0 aliphatic carbocycles. The molecule has 1 aliphatic rings. The minimum atomic E-state index is -5.08. The molecule has 4 aromatic heterocycles. The molecule has 0 bridgehead atoms. The zero-order chi connectivity index (χ0) is 27.1. The van der Waals surface area contributed by atoms with Gasteiger partial charge >= 0.3 is 12.1 Å². The van der Waals surface area contributed by atoms with Gasteiger partial charge in [-0.2, -0.15) is 13.2 Å². The summed E-state index contributed by atoms with van der Waals surface area (Å²) in [6.07, 6.45) is -2.27. The first-order valence-corrected chi connectivity index (χ1v) is 10.8. The molecule has 196 valence electrons. The summed E-state index contributed by atoms with van der Waals surface area (Å²) in [6, 6.07) is 4.19. The largest absolute Gasteiger partial charge is 0.490 e. The Labute approximate surface area is 208 Å². The Bertz CT molecular complexity index is 1540. The fraction of sp³-hybridized carbons (Fsp3) is 0.286. The van der Waals surface area contributed by atoms with Crippen molar-refractivity contribution < 1.29 is 31.9 Å². The van der Waals surface area contributed by atoms with Gasteiger partial charge in [0.1, 0.15) is 16.5 Å². The lowest BCUT2D eigenvalue weighted by atomic mass is 10.0. The van der Waals surface area contributed by atoms with Gasteiger partial charge in [0.15, 0.2) is 5.82 Å². The molecule has 5 N–H and O–H groups in total. The molecule has 37 heavy (non-hydrogen) atoms. The number of nitrogens with one attached hydrogen (secondary N) is 2. The van der Waals surface area contributed by atoms with Crippen LogP contribution in [0.5, 0.6) is 0 Å². The Morgan fingerprint density at radius 3 is 2.57 bits per heavy atom. The van der Waals surface area contributed by atoms with E-state index in [1.165, 1.54) is 11.0 Å². The third kappa shape index (κ3) is 5.77. The number of aliphatic carboxylic acids is 1. The number of carboxylic acids is 1. The highest BCUT2D eigenvalue weighted by Crippen LogP contribution is 2.34. The van der Waals surface area contributed by atoms with Crippen molar-refractivity contribution in [3.63, 3.8) is 0 Å². The molecule has 5 heterocycles. The molecule has 4 aromatic rings. The van der Waals surface area contributed by atoms with Crippen molar-refractivity contribution in [1.29, 1.82) is 0 Å². The highest BCUT2D eigenvalue weighted by Gasteiger charge is 2.40. The average Bonchev–Trinajstić information content (AvgIpc) is 3.20. The van der Waals surface area contributed by atoms with Crippen LogP contribution in [0, 0.1) is 0 Å². The summed E-state index contributed by atoms with van der Waals surface area (Å²) in [5, 5.41) is 7.97. The molecule has 10 nitrogen and oxygen atoms in total. The van der Waals surface area contributed by atoms with Crippen LogP contribution < -0.4 is 16.2 Å². The van der Waals surface area contributed by atoms with E-state index in [-0.39, 0.29) is 40.9 Å². The van der Waals surface area contributed by atoms with Gasteiger partial charge in [0.2, 0.25) is 0 Å². The van der Waals surface area contributed by atoms with Gasteiger partial charge in [-0.25, -0.2) is 23.5 Å². The minimum absolute atomic E-state index is 0.117. The number of hydrogen-bond acceptors (Lipinski definition) is 7. The van der Waals surface area contributed by atoms with Crippen LogP contribution in [0.2, 0.25) is 5.15 Å². The second-order valence-corrected chi connectivity index (χ2v) is 8.62. The third-order valence-corrected chi connectivity index (χ3v) is 5.49. The fourth-order valence-corrected chi connectivity index (χ4v) is 4.03. The van der Waals surface area contributed by atoms with Crippen LogP contribution in [0.4, 0.5) is 27.8 Å². The van der Waals surface area contributed by atoms with E-state index in [1.54, 1.807) is 24.5 Å². The number of rotatable bonds is 2. The van der Waals surface area contributed by atoms with E-state index in [9.17, 15) is 26.7 Å². The molecule has 0 spiro atoms. The van der Waals surface area contributed by atoms with E-state index in [2.05, 4.69) is 24.9 Å². The molecule has 0 saturated carbocycles. The number of carbonyl (C=O) groups is 1. The van der Waals surface area contributed by atoms with Crippen LogP contribution >= 0.6 is 11.6 Å². The van der Waals surface area contributed by atoms with Crippen molar-refractivity contribution in [2.75, 3.05) is 18.0 Å². The lowest BCUT2D eigenvalue weighted by Gasteiger charge is -2.36. The van der Waals surface area contributed by atoms with Crippen LogP contribution in [0.1, 0.15) is 6.42 Å². The predicted molar refractivity (Wildman–Crippen MR) is 124 cm³/mol. The smallest absolute Gasteiger partial charge is 0.475 e. The maximum absolute atomic E-state index is 14.1. The lowest BCUT2D eigenvalue weighted by molar-refractivity contribution is -0.192. The highest BCUT2D eigenvalue weighted by molar-refractivity contribution is 6.30. The summed E-state index contributed by atoms with van der Waals surface area (Å²) in [5.41, 5.74) is 7.23. The van der Waals surface area contributed by atoms with Gasteiger partial charge in [0, 0.05) is 42.9 Å². The van der Waals surface area contributed by atoms with Gasteiger partial charge in [0.05, 0.1) is 23.1 Å². The Hall–Kier alpha value is -3.85. The van der Waals surface area contributed by atoms with Crippen LogP contribution in [0.15, 0.2) is 35.4 Å². The summed E-state index contributed by atoms with van der Waals surface area (Å²) in [6.45, 7) is -0.337. The molecule has 1 atom stereocenters. The lowest BCUT2D eigenvalue weighted by Crippen LogP contribution is -2.52. The number of piperidine rings is 1. The van der Waals surface area contributed by atoms with E-state index in [0.717, 1.165) is 5.39 Å². The molecule has 1 aliphatic heterocycles. The van der Waals surface area contributed by atoms with Crippen LogP contribution in [-0.2, 0) is 4.79 Å². The molecular weight excluding hydrogens is 529 g/mol. The number of nitrogens with zero attached hydrogens (tertiary/aromatic N) is 4. The number of fused-ring (bicyclic) bond motifs is 2. The number of nitrogens with two attached hydrogens (primary N) is 1. The Balaban J connectivity index is 0.000000405. The summed E-state index contributed by atoms with van der Waals surface area (Å²) >= 11 is 6.13. The van der Waals surface area contributed by atoms with Gasteiger partial charge in [-0.1, -0.05) is 11.6 Å². The molecule has 16 heteroatoms. The number of aromatic amines is 2. The Kier molecular flexibility index (Phi) is 6.77. The van der Waals surface area contributed by atoms with E-state index in [0.29, 0.717) is 16.6 Å². The van der Waals surface area contributed by atoms with Gasteiger partial charge < -0.3 is 25.7 Å². The highest BCUT2D eigenvalue weighted by atomic mass is 35.5. The number of hydrogen-bond donors (Lipinski definition) is 4. The molecule has 1 unspecified atom stereocenters. The first-order valence-electron chi connectivity index (χ1n) is 10.5. The predicted octanol–water partition coefficient (Wildman–Crippen LogP) is 3.32. The van der Waals surface area contributed by atoms with Gasteiger partial charge in [-0.05, 0) is 12.1 Å². The van der Waals surface area contributed by atoms with E-state index < -0.39 is 30.7 Å². The number of aromatic nitrogens is 5. The summed E-state index contributed by atoms with van der Waals surface area (Å²) in [5.74, 6) is -5.23. The number of pyridine rings is 3. The number of H-pyrrole nitrogens is 2.